The molecule has 6 heteroatoms. The van der Waals surface area contributed by atoms with Crippen molar-refractivity contribution in [3.8, 4) is 11.8 Å². The van der Waals surface area contributed by atoms with Gasteiger partial charge in [-0.2, -0.15) is 5.26 Å². The fourth-order valence-electron chi connectivity index (χ4n) is 1.27. The first-order chi connectivity index (χ1) is 9.11. The molecule has 0 unspecified atom stereocenters. The van der Waals surface area contributed by atoms with E-state index < -0.39 is 0 Å². The molecule has 0 heterocycles. The number of carbonyl (C=O) groups is 2. The molecule has 1 aromatic carbocycles. The fourth-order valence-corrected chi connectivity index (χ4v) is 1.27. The molecule has 1 rings (SSSR count). The molecular formula is C13H15N3O3. The summed E-state index contributed by atoms with van der Waals surface area (Å²) in [4.78, 5) is 22.0. The summed E-state index contributed by atoms with van der Waals surface area (Å²) in [6, 6.07) is 8.48. The highest BCUT2D eigenvalue weighted by atomic mass is 16.5. The van der Waals surface area contributed by atoms with Gasteiger partial charge in [-0.15, -0.1) is 0 Å². The third-order valence-electron chi connectivity index (χ3n) is 2.17. The van der Waals surface area contributed by atoms with E-state index in [0.29, 0.717) is 24.4 Å². The first-order valence-electron chi connectivity index (χ1n) is 5.76. The van der Waals surface area contributed by atoms with Crippen LogP contribution in [-0.2, 0) is 9.59 Å². The van der Waals surface area contributed by atoms with Gasteiger partial charge in [-0.1, -0.05) is 0 Å². The summed E-state index contributed by atoms with van der Waals surface area (Å²) in [5, 5.41) is 13.8. The highest BCUT2D eigenvalue weighted by Crippen LogP contribution is 2.10. The van der Waals surface area contributed by atoms with E-state index in [1.807, 2.05) is 6.07 Å². The zero-order chi connectivity index (χ0) is 14.1. The van der Waals surface area contributed by atoms with E-state index in [9.17, 15) is 9.59 Å². The number of nitrogens with one attached hydrogen (secondary N) is 2. The summed E-state index contributed by atoms with van der Waals surface area (Å²) in [5.41, 5.74) is 0.534. The molecule has 0 aliphatic rings. The van der Waals surface area contributed by atoms with Gasteiger partial charge in [-0.25, -0.2) is 0 Å². The Bertz CT molecular complexity index is 477. The van der Waals surface area contributed by atoms with E-state index in [-0.39, 0.29) is 18.4 Å². The Labute approximate surface area is 111 Å². The number of nitriles is 1. The molecule has 0 saturated carbocycles. The van der Waals surface area contributed by atoms with Crippen LogP contribution in [0, 0.1) is 11.3 Å². The standard InChI is InChI=1S/C13H15N3O3/c1-10(17)15-6-7-16-13(18)9-19-12-4-2-11(8-14)3-5-12/h2-5H,6-7,9H2,1H3,(H,15,17)(H,16,18). The second-order valence-electron chi connectivity index (χ2n) is 3.76. The van der Waals surface area contributed by atoms with Crippen molar-refractivity contribution in [2.24, 2.45) is 0 Å². The van der Waals surface area contributed by atoms with Gasteiger partial charge < -0.3 is 15.4 Å². The van der Waals surface area contributed by atoms with E-state index in [0.717, 1.165) is 0 Å². The van der Waals surface area contributed by atoms with Gasteiger partial charge in [0.05, 0.1) is 11.6 Å². The molecule has 0 radical (unpaired) electrons. The number of hydrogen-bond donors (Lipinski definition) is 2. The monoisotopic (exact) mass is 261 g/mol. The van der Waals surface area contributed by atoms with Crippen molar-refractivity contribution in [2.75, 3.05) is 19.7 Å². The molecule has 100 valence electrons. The van der Waals surface area contributed by atoms with Crippen LogP contribution in [0.2, 0.25) is 0 Å². The average molecular weight is 261 g/mol. The lowest BCUT2D eigenvalue weighted by Gasteiger charge is -2.07. The number of rotatable bonds is 6. The van der Waals surface area contributed by atoms with Gasteiger partial charge in [-0.05, 0) is 24.3 Å². The molecule has 0 aliphatic carbocycles. The molecule has 19 heavy (non-hydrogen) atoms. The lowest BCUT2D eigenvalue weighted by atomic mass is 10.2. The molecule has 2 amide bonds. The van der Waals surface area contributed by atoms with Crippen LogP contribution in [0.4, 0.5) is 0 Å². The van der Waals surface area contributed by atoms with Gasteiger partial charge in [0.25, 0.3) is 5.91 Å². The minimum Gasteiger partial charge on any atom is -0.484 e. The Morgan fingerprint density at radius 3 is 2.42 bits per heavy atom. The maximum atomic E-state index is 11.4. The van der Waals surface area contributed by atoms with Crippen molar-refractivity contribution in [1.82, 2.24) is 10.6 Å². The largest absolute Gasteiger partial charge is 0.484 e. The smallest absolute Gasteiger partial charge is 0.258 e. The maximum absolute atomic E-state index is 11.4. The predicted octanol–water partition coefficient (Wildman–Crippen LogP) is 0.189. The highest BCUT2D eigenvalue weighted by Gasteiger charge is 2.02. The molecule has 6 nitrogen and oxygen atoms in total. The predicted molar refractivity (Wildman–Crippen MR) is 68.3 cm³/mol. The number of amides is 2. The van der Waals surface area contributed by atoms with Crippen molar-refractivity contribution < 1.29 is 14.3 Å². The van der Waals surface area contributed by atoms with Gasteiger partial charge >= 0.3 is 0 Å². The number of benzene rings is 1. The molecule has 0 fully saturated rings. The van der Waals surface area contributed by atoms with Crippen molar-refractivity contribution in [3.05, 3.63) is 29.8 Å². The molecule has 0 bridgehead atoms. The highest BCUT2D eigenvalue weighted by molar-refractivity contribution is 5.77. The Kier molecular flexibility index (Phi) is 5.89. The molecule has 0 spiro atoms. The fraction of sp³-hybridized carbons (Fsp3) is 0.308. The first-order valence-corrected chi connectivity index (χ1v) is 5.76. The van der Waals surface area contributed by atoms with E-state index in [2.05, 4.69) is 10.6 Å². The molecular weight excluding hydrogens is 246 g/mol. The van der Waals surface area contributed by atoms with Crippen molar-refractivity contribution in [2.45, 2.75) is 6.92 Å². The quantitative estimate of drug-likeness (QED) is 0.715. The molecule has 2 N–H and O–H groups in total. The van der Waals surface area contributed by atoms with E-state index in [4.69, 9.17) is 10.00 Å². The molecule has 0 atom stereocenters. The Morgan fingerprint density at radius 1 is 1.21 bits per heavy atom. The van der Waals surface area contributed by atoms with Crippen LogP contribution in [-0.4, -0.2) is 31.5 Å². The SMILES string of the molecule is CC(=O)NCCNC(=O)COc1ccc(C#N)cc1. The number of hydrogen-bond acceptors (Lipinski definition) is 4. The second-order valence-corrected chi connectivity index (χ2v) is 3.76. The minimum absolute atomic E-state index is 0.105. The second kappa shape index (κ2) is 7.71. The lowest BCUT2D eigenvalue weighted by Crippen LogP contribution is -2.36. The van der Waals surface area contributed by atoms with Gasteiger partial charge in [0.1, 0.15) is 5.75 Å². The summed E-state index contributed by atoms with van der Waals surface area (Å²) in [6.45, 7) is 2.05. The van der Waals surface area contributed by atoms with Crippen LogP contribution in [0.3, 0.4) is 0 Å². The van der Waals surface area contributed by atoms with Crippen LogP contribution >= 0.6 is 0 Å². The third-order valence-corrected chi connectivity index (χ3v) is 2.17. The summed E-state index contributed by atoms with van der Waals surface area (Å²) in [7, 11) is 0. The molecule has 1 aromatic rings. The first kappa shape index (κ1) is 14.5. The van der Waals surface area contributed by atoms with Gasteiger partial charge in [0.2, 0.25) is 5.91 Å². The van der Waals surface area contributed by atoms with E-state index in [1.165, 1.54) is 6.92 Å². The number of ether oxygens (including phenoxy) is 1. The zero-order valence-electron chi connectivity index (χ0n) is 10.6. The average Bonchev–Trinajstić information content (AvgIpc) is 2.41. The summed E-state index contributed by atoms with van der Waals surface area (Å²) < 4.78 is 5.24. The van der Waals surface area contributed by atoms with E-state index >= 15 is 0 Å². The number of nitrogens with zero attached hydrogens (tertiary/aromatic N) is 1. The normalized spacial score (nSPS) is 9.26. The van der Waals surface area contributed by atoms with Gasteiger partial charge in [0, 0.05) is 20.0 Å². The summed E-state index contributed by atoms with van der Waals surface area (Å²) in [6.07, 6.45) is 0. The van der Waals surface area contributed by atoms with Crippen LogP contribution < -0.4 is 15.4 Å². The zero-order valence-corrected chi connectivity index (χ0v) is 10.6. The topological polar surface area (TPSA) is 91.2 Å². The van der Waals surface area contributed by atoms with Crippen molar-refractivity contribution in [3.63, 3.8) is 0 Å². The number of carbonyl (C=O) groups excluding carboxylic acids is 2. The summed E-state index contributed by atoms with van der Waals surface area (Å²) >= 11 is 0. The van der Waals surface area contributed by atoms with Crippen LogP contribution in [0.1, 0.15) is 12.5 Å². The van der Waals surface area contributed by atoms with Gasteiger partial charge in [0.15, 0.2) is 6.61 Å². The maximum Gasteiger partial charge on any atom is 0.258 e. The Morgan fingerprint density at radius 2 is 1.84 bits per heavy atom. The Hall–Kier alpha value is -2.55. The molecule has 0 saturated heterocycles. The van der Waals surface area contributed by atoms with Gasteiger partial charge in [-0.3, -0.25) is 9.59 Å². The lowest BCUT2D eigenvalue weighted by molar-refractivity contribution is -0.123. The van der Waals surface area contributed by atoms with Crippen molar-refractivity contribution in [1.29, 1.82) is 5.26 Å². The molecule has 0 aromatic heterocycles. The van der Waals surface area contributed by atoms with Crippen molar-refractivity contribution >= 4 is 11.8 Å². The van der Waals surface area contributed by atoms with Crippen LogP contribution in [0.15, 0.2) is 24.3 Å². The van der Waals surface area contributed by atoms with E-state index in [1.54, 1.807) is 24.3 Å². The Balaban J connectivity index is 2.22. The molecule has 0 aliphatic heterocycles. The summed E-state index contributed by atoms with van der Waals surface area (Å²) in [5.74, 6) is 0.119. The van der Waals surface area contributed by atoms with Crippen LogP contribution in [0.5, 0.6) is 5.75 Å². The third kappa shape index (κ3) is 6.07. The minimum atomic E-state index is -0.269. The van der Waals surface area contributed by atoms with Crippen LogP contribution in [0.25, 0.3) is 0 Å².